The zero-order chi connectivity index (χ0) is 54.6. The fourth-order valence-corrected chi connectivity index (χ4v) is 8.69. The number of nitrogens with two attached hydrogens (primary N) is 8. The summed E-state index contributed by atoms with van der Waals surface area (Å²) >= 11 is 0. The molecule has 6 rings (SSSR count). The monoisotopic (exact) mass is 1590 g/mol. The minimum absolute atomic E-state index is 0. The summed E-state index contributed by atoms with van der Waals surface area (Å²) in [4.78, 5) is 23.8. The molecule has 24 N–H and O–H groups in total. The minimum Gasteiger partial charge on any atom is -0.693 e. The van der Waals surface area contributed by atoms with Gasteiger partial charge in [-0.2, -0.15) is 0 Å². The summed E-state index contributed by atoms with van der Waals surface area (Å²) in [5.74, 6) is 0. The summed E-state index contributed by atoms with van der Waals surface area (Å²) in [7, 11) is 4.94. The van der Waals surface area contributed by atoms with E-state index >= 15 is 0 Å². The summed E-state index contributed by atoms with van der Waals surface area (Å²) in [6, 6.07) is 25.3. The molecule has 4 radical (unpaired) electrons. The quantitative estimate of drug-likeness (QED) is 0.0293. The van der Waals surface area contributed by atoms with Crippen LogP contribution >= 0.6 is 0 Å². The van der Waals surface area contributed by atoms with Gasteiger partial charge in [-0.05, 0) is 133 Å². The largest absolute Gasteiger partial charge is 2.00 e. The second-order valence-electron chi connectivity index (χ2n) is 14.6. The van der Waals surface area contributed by atoms with Crippen LogP contribution in [0.15, 0.2) is 147 Å². The number of nitrogens with zero attached hydrogens (tertiary/aromatic N) is 6. The number of aryl methyl sites for hydroxylation is 2. The Morgan fingerprint density at radius 1 is 0.329 bits per heavy atom. The van der Waals surface area contributed by atoms with Gasteiger partial charge in [-0.25, -0.2) is 0 Å². The Bertz CT molecular complexity index is 1980. The van der Waals surface area contributed by atoms with Gasteiger partial charge in [0.25, 0.3) is 0 Å². The normalized spacial score (nSPS) is 9.36. The molecule has 0 aliphatic heterocycles. The van der Waals surface area contributed by atoms with E-state index in [0.29, 0.717) is 0 Å². The van der Waals surface area contributed by atoms with Crippen LogP contribution in [-0.2, 0) is 117 Å². The van der Waals surface area contributed by atoms with E-state index in [1.54, 1.807) is 117 Å². The summed E-state index contributed by atoms with van der Waals surface area (Å²) in [5, 5.41) is 62.3. The van der Waals surface area contributed by atoms with Gasteiger partial charge in [-0.3, -0.25) is 29.9 Å². The molecule has 6 heterocycles. The van der Waals surface area contributed by atoms with Gasteiger partial charge < -0.3 is 117 Å². The zero-order valence-corrected chi connectivity index (χ0v) is 57.2. The topological polar surface area (TPSA) is 563 Å². The smallest absolute Gasteiger partial charge is 0.693 e. The van der Waals surface area contributed by atoms with Crippen molar-refractivity contribution in [3.05, 3.63) is 230 Å². The minimum atomic E-state index is -2.42. The van der Waals surface area contributed by atoms with E-state index in [4.69, 9.17) is 67.4 Å². The van der Waals surface area contributed by atoms with Gasteiger partial charge >= 0.3 is 95.5 Å². The fourth-order valence-electron chi connectivity index (χ4n) is 5.28. The molecule has 34 heteroatoms. The first-order valence-corrected chi connectivity index (χ1v) is 26.4. The Morgan fingerprint density at radius 3 is 0.612 bits per heavy atom. The van der Waals surface area contributed by atoms with Crippen LogP contribution in [0, 0.1) is 0 Å². The molecule has 0 aliphatic carbocycles. The van der Waals surface area contributed by atoms with E-state index in [-0.39, 0.29) is 127 Å². The van der Waals surface area contributed by atoms with Gasteiger partial charge in [0.2, 0.25) is 0 Å². The summed E-state index contributed by atoms with van der Waals surface area (Å²) in [5.41, 5.74) is 7.03. The third-order valence-electron chi connectivity index (χ3n) is 8.99. The summed E-state index contributed by atoms with van der Waals surface area (Å²) < 4.78 is 32.0. The molecule has 0 spiro atoms. The number of aromatic nitrogens is 6. The predicted molar refractivity (Wildman–Crippen MR) is 325 cm³/mol. The number of hydrogen-bond donors (Lipinski definition) is 8. The van der Waals surface area contributed by atoms with Crippen molar-refractivity contribution < 1.29 is 145 Å². The first-order chi connectivity index (χ1) is 35.0. The molecule has 0 amide bonds. The van der Waals surface area contributed by atoms with Crippen LogP contribution in [0.1, 0.15) is 53.6 Å². The number of aliphatic hydroxyl groups excluding tert-OH is 4. The average molecular weight is 1590 g/mol. The van der Waals surface area contributed by atoms with Crippen LogP contribution < -0.4 is 0 Å². The van der Waals surface area contributed by atoms with E-state index in [1.165, 1.54) is 25.0 Å². The average Bonchev–Trinajstić information content (AvgIpc) is 3.40. The number of pyridine rings is 6. The Labute approximate surface area is 556 Å². The molecule has 85 heavy (non-hydrogen) atoms. The molecule has 0 bridgehead atoms. The summed E-state index contributed by atoms with van der Waals surface area (Å²) in [6.07, 6.45) is 25.4. The SMILES string of the molecule is C(=C\c1ccncc1)/c1ccncc1.C(=C\c1ccncc1)/c1ccncc1.CC(O)O.CC(O)O.CO[Si](CCc1ccncc1)(OC)OC.CO[Si](CCc1ccncc1)(OC)OC.OC(O)CC(O)O.[NH2-].[NH2-].[NH2-].[NH2-].[NH2-].[NH2-].[NH2-].[NH2-].[Rh+2].[Rh+2].[Rh+2].[Rh+2]. The van der Waals surface area contributed by atoms with Gasteiger partial charge in [0, 0.05) is 136 Å². The first kappa shape index (κ1) is 112. The van der Waals surface area contributed by atoms with Crippen LogP contribution in [0.3, 0.4) is 0 Å². The Hall–Kier alpha value is -3.57. The molecule has 6 aromatic rings. The standard InChI is InChI=1S/2C12H10N2.2C10H17NO3Si.C3H8O4.2C2H6O2.8H2N.4Rh/c2*1(11-3-7-13-8-4-11)2-12-5-9-14-10-6-12;2*1-12-15(13-2,14-3)9-6-10-4-7-11-8-5-10;4-2(5)1-3(6)7;2*1-2(3)4;;;;;;;;;;;;/h2*1-10H;2*4-5,7-8H,6,9H2,1-3H3;2-7H,1H2;2*2-4H,1H3;8*1H2;;;;/q;;;;;;;8*-1;4*+2/b2*2-1+;;;;;;;;;;;;;;;;;. The van der Waals surface area contributed by atoms with Crippen LogP contribution in [0.4, 0.5) is 0 Å². The molecule has 0 saturated heterocycles. The Kier molecular flexibility index (Phi) is 96.5. The van der Waals surface area contributed by atoms with Gasteiger partial charge in [-0.1, -0.05) is 24.3 Å². The van der Waals surface area contributed by atoms with E-state index in [0.717, 1.165) is 47.2 Å². The third-order valence-corrected chi connectivity index (χ3v) is 14.4. The van der Waals surface area contributed by atoms with Crippen LogP contribution in [0.2, 0.25) is 12.1 Å². The molecule has 0 saturated carbocycles. The van der Waals surface area contributed by atoms with Crippen molar-refractivity contribution in [1.82, 2.24) is 29.9 Å². The molecule has 0 atom stereocenters. The van der Waals surface area contributed by atoms with Gasteiger partial charge in [0.15, 0.2) is 12.6 Å². The number of aliphatic hydroxyl groups is 8. The van der Waals surface area contributed by atoms with Crippen molar-refractivity contribution in [2.24, 2.45) is 0 Å². The van der Waals surface area contributed by atoms with Crippen LogP contribution in [0.25, 0.3) is 73.5 Å². The van der Waals surface area contributed by atoms with Crippen molar-refractivity contribution in [2.75, 3.05) is 42.7 Å². The van der Waals surface area contributed by atoms with Gasteiger partial charge in [0.05, 0.1) is 0 Å². The van der Waals surface area contributed by atoms with E-state index in [1.807, 2.05) is 72.8 Å². The molecule has 0 aliphatic rings. The third kappa shape index (κ3) is 63.3. The van der Waals surface area contributed by atoms with Crippen LogP contribution in [0.5, 0.6) is 0 Å². The number of hydrogen-bond acceptors (Lipinski definition) is 20. The second kappa shape index (κ2) is 72.9. The van der Waals surface area contributed by atoms with Gasteiger partial charge in [-0.15, -0.1) is 0 Å². The fraction of sp³-hybridized carbons (Fsp3) is 0.333. The molecule has 6 aromatic heterocycles. The van der Waals surface area contributed by atoms with Crippen LogP contribution in [-0.4, -0.2) is 156 Å². The van der Waals surface area contributed by atoms with Crippen molar-refractivity contribution in [3.8, 4) is 0 Å². The first-order valence-electron chi connectivity index (χ1n) is 22.5. The Morgan fingerprint density at radius 2 is 0.482 bits per heavy atom. The maximum absolute atomic E-state index is 7.96. The van der Waals surface area contributed by atoms with Crippen molar-refractivity contribution in [3.63, 3.8) is 0 Å². The van der Waals surface area contributed by atoms with E-state index in [9.17, 15) is 0 Å². The second-order valence-corrected chi connectivity index (χ2v) is 20.7. The molecule has 492 valence electrons. The maximum Gasteiger partial charge on any atom is 2.00 e. The maximum atomic E-state index is 7.96. The van der Waals surface area contributed by atoms with Crippen molar-refractivity contribution >= 4 is 41.9 Å². The zero-order valence-electron chi connectivity index (χ0n) is 48.7. The summed E-state index contributed by atoms with van der Waals surface area (Å²) in [6.45, 7) is 2.56. The molecule has 0 fully saturated rings. The molecular formula is C51H90N14O14Rh4Si2. The predicted octanol–water partition coefficient (Wildman–Crippen LogP) is 10.7. The molecular weight excluding hydrogens is 1500 g/mol. The van der Waals surface area contributed by atoms with Crippen molar-refractivity contribution in [2.45, 2.75) is 70.4 Å². The van der Waals surface area contributed by atoms with E-state index < -0.39 is 49.2 Å². The molecule has 0 unspecified atom stereocenters. The molecule has 28 nitrogen and oxygen atoms in total. The van der Waals surface area contributed by atoms with Gasteiger partial charge in [0.1, 0.15) is 12.6 Å². The Balaban J connectivity index is -0.0000000656. The van der Waals surface area contributed by atoms with Crippen molar-refractivity contribution in [1.29, 1.82) is 0 Å². The van der Waals surface area contributed by atoms with E-state index in [2.05, 4.69) is 54.2 Å². The molecule has 0 aromatic carbocycles. The number of rotatable bonds is 18.